The summed E-state index contributed by atoms with van der Waals surface area (Å²) in [5.74, 6) is -2.41. The Hall–Kier alpha value is -3.01. The number of allylic oxidation sites excluding steroid dienone is 10. The van der Waals surface area contributed by atoms with Crippen LogP contribution >= 0.6 is 0 Å². The second-order valence-corrected chi connectivity index (χ2v) is 15.6. The molecule has 0 aromatic heterocycles. The number of carboxylic acids is 1. The van der Waals surface area contributed by atoms with Crippen molar-refractivity contribution in [1.29, 1.82) is 0 Å². The molecule has 0 saturated carbocycles. The molecule has 2 unspecified atom stereocenters. The molecule has 0 aliphatic heterocycles. The third-order valence-electron chi connectivity index (χ3n) is 9.01. The Morgan fingerprint density at radius 1 is 0.554 bits per heavy atom. The zero-order chi connectivity index (χ0) is 41.4. The number of hydrogen-bond acceptors (Lipinski definition) is 8. The SMILES string of the molecule is CC/C=C\C/C=C\C/C=C\C/C=C\CCC(=O)OC(COC(=O)CCCCCCCCC/C=C\CCCCCCCCC)COC(OCC[N+](C)(C)C)C(=O)[O-]. The maximum absolute atomic E-state index is 12.7. The molecule has 322 valence electrons. The van der Waals surface area contributed by atoms with Crippen LogP contribution in [0, 0.1) is 0 Å². The molecular formula is C47H81NO8. The number of carboxylic acid groups (broad SMARTS) is 1. The van der Waals surface area contributed by atoms with Gasteiger partial charge in [-0.05, 0) is 64.2 Å². The van der Waals surface area contributed by atoms with Crippen LogP contribution in [0.25, 0.3) is 0 Å². The van der Waals surface area contributed by atoms with E-state index in [4.69, 9.17) is 18.9 Å². The fourth-order valence-corrected chi connectivity index (χ4v) is 5.60. The van der Waals surface area contributed by atoms with E-state index in [1.165, 1.54) is 70.6 Å². The topological polar surface area (TPSA) is 111 Å². The first-order chi connectivity index (χ1) is 27.1. The van der Waals surface area contributed by atoms with Gasteiger partial charge in [-0.2, -0.15) is 0 Å². The molecule has 0 rings (SSSR count). The third-order valence-corrected chi connectivity index (χ3v) is 9.01. The molecule has 0 aliphatic rings. The molecule has 0 aromatic rings. The summed E-state index contributed by atoms with van der Waals surface area (Å²) in [6.45, 7) is 4.51. The van der Waals surface area contributed by atoms with Crippen LogP contribution in [0.4, 0.5) is 0 Å². The second kappa shape index (κ2) is 38.8. The van der Waals surface area contributed by atoms with Crippen molar-refractivity contribution in [3.8, 4) is 0 Å². The number of hydrogen-bond donors (Lipinski definition) is 0. The zero-order valence-electron chi connectivity index (χ0n) is 36.2. The standard InChI is InChI=1S/C47H81NO8/c1-6-8-10-12-14-16-18-20-21-22-23-24-26-27-29-31-33-35-37-44(49)54-41-43(42-55-47(46(51)52)53-40-39-48(3,4)5)56-45(50)38-36-34-32-30-28-25-19-17-15-13-11-9-7-2/h9,11,15,17,21-22,25,28,32,34,43,47H,6-8,10,12-14,16,18-20,23-24,26-27,29-31,33,35-42H2,1-5H3/b11-9-,17-15-,22-21-,28-25-,34-32-. The monoisotopic (exact) mass is 788 g/mol. The van der Waals surface area contributed by atoms with Crippen molar-refractivity contribution in [3.05, 3.63) is 60.8 Å². The molecule has 2 atom stereocenters. The largest absolute Gasteiger partial charge is 0.545 e. The molecule has 9 nitrogen and oxygen atoms in total. The molecular weight excluding hydrogens is 707 g/mol. The van der Waals surface area contributed by atoms with Crippen LogP contribution in [0.3, 0.4) is 0 Å². The number of aliphatic carboxylic acids is 1. The van der Waals surface area contributed by atoms with Gasteiger partial charge in [0.25, 0.3) is 0 Å². The molecule has 0 fully saturated rings. The Bertz CT molecular complexity index is 1100. The summed E-state index contributed by atoms with van der Waals surface area (Å²) >= 11 is 0. The highest BCUT2D eigenvalue weighted by Gasteiger charge is 2.21. The fraction of sp³-hybridized carbons (Fsp3) is 0.723. The average Bonchev–Trinajstić information content (AvgIpc) is 3.15. The lowest BCUT2D eigenvalue weighted by Crippen LogP contribution is -2.44. The lowest BCUT2D eigenvalue weighted by molar-refractivity contribution is -0.870. The molecule has 0 bridgehead atoms. The zero-order valence-corrected chi connectivity index (χ0v) is 36.2. The first-order valence-corrected chi connectivity index (χ1v) is 21.9. The van der Waals surface area contributed by atoms with E-state index in [0.29, 0.717) is 17.4 Å². The second-order valence-electron chi connectivity index (χ2n) is 15.6. The molecule has 0 saturated heterocycles. The van der Waals surface area contributed by atoms with Crippen molar-refractivity contribution in [1.82, 2.24) is 0 Å². The van der Waals surface area contributed by atoms with Gasteiger partial charge in [0.05, 0.1) is 40.3 Å². The highest BCUT2D eigenvalue weighted by Crippen LogP contribution is 2.13. The Labute approximate surface area is 342 Å². The number of quaternary nitrogens is 1. The predicted molar refractivity (Wildman–Crippen MR) is 228 cm³/mol. The molecule has 9 heteroatoms. The summed E-state index contributed by atoms with van der Waals surface area (Å²) in [7, 11) is 5.88. The fourth-order valence-electron chi connectivity index (χ4n) is 5.60. The quantitative estimate of drug-likeness (QED) is 0.0199. The Kier molecular flexibility index (Phi) is 36.8. The van der Waals surface area contributed by atoms with Crippen LogP contribution in [0.15, 0.2) is 60.8 Å². The van der Waals surface area contributed by atoms with E-state index >= 15 is 0 Å². The van der Waals surface area contributed by atoms with Gasteiger partial charge in [0.15, 0.2) is 12.4 Å². The van der Waals surface area contributed by atoms with Crippen LogP contribution in [-0.2, 0) is 33.3 Å². The van der Waals surface area contributed by atoms with Crippen LogP contribution < -0.4 is 5.11 Å². The van der Waals surface area contributed by atoms with Crippen molar-refractivity contribution in [2.75, 3.05) is 47.5 Å². The van der Waals surface area contributed by atoms with Crippen LogP contribution in [-0.4, -0.2) is 82.3 Å². The van der Waals surface area contributed by atoms with Crippen molar-refractivity contribution in [2.24, 2.45) is 0 Å². The minimum absolute atomic E-state index is 0.124. The average molecular weight is 788 g/mol. The smallest absolute Gasteiger partial charge is 0.306 e. The van der Waals surface area contributed by atoms with Crippen molar-refractivity contribution < 1.29 is 42.9 Å². The first kappa shape index (κ1) is 53.0. The molecule has 0 heterocycles. The highest BCUT2D eigenvalue weighted by atomic mass is 16.7. The number of likely N-dealkylation sites (N-methyl/N-ethyl adjacent to an activating group) is 1. The van der Waals surface area contributed by atoms with Gasteiger partial charge in [-0.25, -0.2) is 0 Å². The Morgan fingerprint density at radius 3 is 1.59 bits per heavy atom. The first-order valence-electron chi connectivity index (χ1n) is 21.9. The van der Waals surface area contributed by atoms with E-state index in [0.717, 1.165) is 57.8 Å². The van der Waals surface area contributed by atoms with Gasteiger partial charge in [0.2, 0.25) is 0 Å². The van der Waals surface area contributed by atoms with Crippen LogP contribution in [0.1, 0.15) is 162 Å². The summed E-state index contributed by atoms with van der Waals surface area (Å²) in [6, 6.07) is 0. The van der Waals surface area contributed by atoms with Crippen molar-refractivity contribution in [2.45, 2.75) is 174 Å². The van der Waals surface area contributed by atoms with Gasteiger partial charge in [0, 0.05) is 12.8 Å². The maximum Gasteiger partial charge on any atom is 0.306 e. The lowest BCUT2D eigenvalue weighted by atomic mass is 10.1. The molecule has 0 radical (unpaired) electrons. The van der Waals surface area contributed by atoms with Gasteiger partial charge in [-0.15, -0.1) is 0 Å². The molecule has 0 aromatic carbocycles. The molecule has 0 spiro atoms. The predicted octanol–water partition coefficient (Wildman–Crippen LogP) is 10.0. The maximum atomic E-state index is 12.7. The number of rotatable bonds is 39. The van der Waals surface area contributed by atoms with E-state index in [-0.39, 0.29) is 38.6 Å². The van der Waals surface area contributed by atoms with Gasteiger partial charge in [-0.1, -0.05) is 145 Å². The minimum atomic E-state index is -1.64. The van der Waals surface area contributed by atoms with Gasteiger partial charge >= 0.3 is 11.9 Å². The van der Waals surface area contributed by atoms with Crippen LogP contribution in [0.2, 0.25) is 0 Å². The molecule has 0 N–H and O–H groups in total. The number of carbonyl (C=O) groups is 3. The molecule has 0 aliphatic carbocycles. The number of ether oxygens (including phenoxy) is 4. The summed E-state index contributed by atoms with van der Waals surface area (Å²) in [6.07, 6.45) is 42.7. The van der Waals surface area contributed by atoms with E-state index < -0.39 is 24.3 Å². The van der Waals surface area contributed by atoms with Gasteiger partial charge < -0.3 is 33.3 Å². The van der Waals surface area contributed by atoms with Gasteiger partial charge in [0.1, 0.15) is 13.2 Å². The van der Waals surface area contributed by atoms with E-state index in [1.54, 1.807) is 0 Å². The minimum Gasteiger partial charge on any atom is -0.545 e. The Balaban J connectivity index is 4.51. The lowest BCUT2D eigenvalue weighted by Gasteiger charge is -2.26. The van der Waals surface area contributed by atoms with E-state index in [2.05, 4.69) is 62.5 Å². The summed E-state index contributed by atoms with van der Waals surface area (Å²) in [5.41, 5.74) is 0. The van der Waals surface area contributed by atoms with E-state index in [1.807, 2.05) is 33.3 Å². The summed E-state index contributed by atoms with van der Waals surface area (Å²) < 4.78 is 22.4. The summed E-state index contributed by atoms with van der Waals surface area (Å²) in [5, 5.41) is 11.7. The molecule has 0 amide bonds. The number of esters is 2. The normalized spacial score (nSPS) is 13.5. The number of nitrogens with zero attached hydrogens (tertiary/aromatic N) is 1. The van der Waals surface area contributed by atoms with Crippen LogP contribution in [0.5, 0.6) is 0 Å². The highest BCUT2D eigenvalue weighted by molar-refractivity contribution is 5.70. The van der Waals surface area contributed by atoms with Gasteiger partial charge in [-0.3, -0.25) is 9.59 Å². The van der Waals surface area contributed by atoms with Crippen molar-refractivity contribution in [3.63, 3.8) is 0 Å². The summed E-state index contributed by atoms with van der Waals surface area (Å²) in [4.78, 5) is 36.9. The molecule has 56 heavy (non-hydrogen) atoms. The third kappa shape index (κ3) is 39.2. The van der Waals surface area contributed by atoms with E-state index in [9.17, 15) is 19.5 Å². The number of carbonyl (C=O) groups excluding carboxylic acids is 3. The Morgan fingerprint density at radius 2 is 1.05 bits per heavy atom. The number of unbranched alkanes of at least 4 members (excludes halogenated alkanes) is 14. The van der Waals surface area contributed by atoms with Crippen molar-refractivity contribution >= 4 is 17.9 Å².